The van der Waals surface area contributed by atoms with Crippen molar-refractivity contribution in [1.82, 2.24) is 31.9 Å². The Kier molecular flexibility index (Phi) is 20.0. The number of carbonyl (C=O) groups is 11. The van der Waals surface area contributed by atoms with Crippen LogP contribution in [-0.2, 0) is 58.9 Å². The molecule has 6 atom stereocenters. The number of aliphatic carboxylic acids is 3. The predicted molar refractivity (Wildman–Crippen MR) is 199 cm³/mol. The molecule has 13 N–H and O–H groups in total. The summed E-state index contributed by atoms with van der Waals surface area (Å²) in [6.07, 6.45) is -3.78. The number of hydrogen-bond acceptors (Lipinski definition) is 12. The molecule has 0 radical (unpaired) electrons. The molecule has 24 nitrogen and oxygen atoms in total. The van der Waals surface area contributed by atoms with Gasteiger partial charge in [0.25, 0.3) is 5.52 Å². The lowest BCUT2D eigenvalue weighted by molar-refractivity contribution is -0.141. The van der Waals surface area contributed by atoms with Gasteiger partial charge >= 0.3 is 25.5 Å². The molecular formula is C34H48N7O17P. The number of hydrogen-bond donors (Lipinski definition) is 12. The number of benzene rings is 1. The van der Waals surface area contributed by atoms with E-state index >= 15 is 0 Å². The molecule has 0 fully saturated rings. The van der Waals surface area contributed by atoms with Gasteiger partial charge in [-0.3, -0.25) is 57.3 Å². The lowest BCUT2D eigenvalue weighted by Gasteiger charge is -2.27. The van der Waals surface area contributed by atoms with E-state index in [1.54, 1.807) is 13.8 Å². The number of primary amides is 1. The Bertz CT molecular complexity index is 1820. The lowest BCUT2D eigenvalue weighted by atomic mass is 10.00. The number of amides is 7. The van der Waals surface area contributed by atoms with E-state index in [-0.39, 0.29) is 23.5 Å². The maximum atomic E-state index is 13.7. The summed E-state index contributed by atoms with van der Waals surface area (Å²) in [6.45, 7) is 5.53. The van der Waals surface area contributed by atoms with E-state index in [2.05, 4.69) is 31.9 Å². The molecule has 1 aromatic rings. The topological polar surface area (TPSA) is 404 Å². The molecular weight excluding hydrogens is 809 g/mol. The molecule has 0 aliphatic rings. The maximum Gasteiger partial charge on any atom is 0.396 e. The highest BCUT2D eigenvalue weighted by atomic mass is 31.2. The molecule has 0 aliphatic carbocycles. The SMILES string of the molecule is CC(=O)N[C@@H](CC(=O)O)C(=O)N[C@@H](C)C(=O)N[C@@H](CC(=O)O)C(=O)N[C@@H](CCC(=O)O)C(=O)N[C@@H](Cc1ccc(C(=O)P(=O)(O)O)cc1)C(=O)N[C@@H](CC(C)C)C(N)=O. The summed E-state index contributed by atoms with van der Waals surface area (Å²) in [7, 11) is -5.16. The molecule has 7 amide bonds. The van der Waals surface area contributed by atoms with Crippen molar-refractivity contribution in [1.29, 1.82) is 0 Å². The standard InChI is InChI=1S/C34H48N7O17P/c1-15(2)11-21(28(35)49)39-32(53)22(12-18-5-7-19(8-6-18)34(55)59(56,57)58)41-30(51)20(9-10-25(43)44)38-33(54)24(14-27(47)48)40-29(50)16(3)36-31(52)23(13-26(45)46)37-17(4)42/h5-8,15-16,20-24H,9-14H2,1-4H3,(H2,35,49)(H,36,52)(H,37,42)(H,38,54)(H,39,53)(H,40,50)(H,41,51)(H,43,44)(H,45,46)(H,47,48)(H2,56,57,58)/t16-,20-,21-,22-,23-,24-/m0/s1. The zero-order valence-corrected chi connectivity index (χ0v) is 33.1. The van der Waals surface area contributed by atoms with Gasteiger partial charge in [-0.15, -0.1) is 0 Å². The number of carboxylic acids is 3. The highest BCUT2D eigenvalue weighted by molar-refractivity contribution is 7.70. The number of nitrogens with one attached hydrogen (secondary N) is 6. The fraction of sp³-hybridized carbons (Fsp3) is 0.500. The molecule has 1 rings (SSSR count). The molecule has 0 heterocycles. The Balaban J connectivity index is 3.45. The van der Waals surface area contributed by atoms with Crippen LogP contribution in [0.25, 0.3) is 0 Å². The van der Waals surface area contributed by atoms with Crippen LogP contribution in [0.15, 0.2) is 24.3 Å². The maximum absolute atomic E-state index is 13.7. The van der Waals surface area contributed by atoms with Crippen LogP contribution >= 0.6 is 7.60 Å². The Morgan fingerprint density at radius 1 is 0.610 bits per heavy atom. The van der Waals surface area contributed by atoms with E-state index in [1.165, 1.54) is 12.1 Å². The lowest BCUT2D eigenvalue weighted by Crippen LogP contribution is -2.60. The third-order valence-electron chi connectivity index (χ3n) is 8.02. The van der Waals surface area contributed by atoms with Gasteiger partial charge in [-0.1, -0.05) is 38.1 Å². The second-order valence-electron chi connectivity index (χ2n) is 13.6. The first-order valence-electron chi connectivity index (χ1n) is 17.6. The van der Waals surface area contributed by atoms with Gasteiger partial charge in [0, 0.05) is 25.3 Å². The fourth-order valence-corrected chi connectivity index (χ4v) is 5.64. The smallest absolute Gasteiger partial charge is 0.396 e. The summed E-state index contributed by atoms with van der Waals surface area (Å²) >= 11 is 0. The van der Waals surface area contributed by atoms with E-state index < -0.39 is 141 Å². The van der Waals surface area contributed by atoms with E-state index in [4.69, 9.17) is 10.8 Å². The van der Waals surface area contributed by atoms with Gasteiger partial charge in [-0.25, -0.2) is 0 Å². The molecule has 0 saturated carbocycles. The van der Waals surface area contributed by atoms with E-state index in [0.717, 1.165) is 26.0 Å². The summed E-state index contributed by atoms with van der Waals surface area (Å²) in [6, 6.07) is -5.40. The van der Waals surface area contributed by atoms with E-state index in [0.29, 0.717) is 0 Å². The number of rotatable bonds is 25. The first kappa shape index (κ1) is 50.8. The minimum absolute atomic E-state index is 0.0649. The average Bonchev–Trinajstić information content (AvgIpc) is 3.10. The van der Waals surface area contributed by atoms with Gasteiger partial charge < -0.3 is 62.7 Å². The molecule has 0 unspecified atom stereocenters. The largest absolute Gasteiger partial charge is 0.481 e. The highest BCUT2D eigenvalue weighted by Gasteiger charge is 2.34. The second-order valence-corrected chi connectivity index (χ2v) is 15.1. The van der Waals surface area contributed by atoms with Gasteiger partial charge in [0.1, 0.15) is 36.3 Å². The summed E-state index contributed by atoms with van der Waals surface area (Å²) in [5.41, 5.74) is 3.76. The summed E-state index contributed by atoms with van der Waals surface area (Å²) < 4.78 is 11.4. The van der Waals surface area contributed by atoms with Crippen LogP contribution in [-0.4, -0.2) is 126 Å². The molecule has 1 aromatic carbocycles. The quantitative estimate of drug-likeness (QED) is 0.0432. The minimum Gasteiger partial charge on any atom is -0.481 e. The van der Waals surface area contributed by atoms with Gasteiger partial charge in [0.05, 0.1) is 12.8 Å². The van der Waals surface area contributed by atoms with Gasteiger partial charge in [-0.2, -0.15) is 0 Å². The van der Waals surface area contributed by atoms with Crippen molar-refractivity contribution in [2.45, 2.75) is 102 Å². The molecule has 25 heteroatoms. The number of carboxylic acid groups (broad SMARTS) is 3. The summed E-state index contributed by atoms with van der Waals surface area (Å²) in [5, 5.41) is 41.0. The van der Waals surface area contributed by atoms with Crippen molar-refractivity contribution in [3.63, 3.8) is 0 Å². The number of carbonyl (C=O) groups excluding carboxylic acids is 8. The zero-order chi connectivity index (χ0) is 45.4. The molecule has 0 saturated heterocycles. The first-order valence-corrected chi connectivity index (χ1v) is 19.3. The van der Waals surface area contributed by atoms with Crippen LogP contribution < -0.4 is 37.6 Å². The van der Waals surface area contributed by atoms with Gasteiger partial charge in [0.15, 0.2) is 0 Å². The summed E-state index contributed by atoms with van der Waals surface area (Å²) in [5.74, 6) is -12.3. The summed E-state index contributed by atoms with van der Waals surface area (Å²) in [4.78, 5) is 155. The Hall–Kier alpha value is -6.26. The van der Waals surface area contributed by atoms with Crippen molar-refractivity contribution in [3.05, 3.63) is 35.4 Å². The van der Waals surface area contributed by atoms with Crippen LogP contribution in [0.2, 0.25) is 0 Å². The van der Waals surface area contributed by atoms with Crippen LogP contribution in [0.5, 0.6) is 0 Å². The zero-order valence-electron chi connectivity index (χ0n) is 32.3. The Morgan fingerprint density at radius 3 is 1.51 bits per heavy atom. The molecule has 0 spiro atoms. The Labute approximate surface area is 335 Å². The monoisotopic (exact) mass is 857 g/mol. The minimum atomic E-state index is -5.16. The van der Waals surface area contributed by atoms with Gasteiger partial charge in [0.2, 0.25) is 41.4 Å². The highest BCUT2D eigenvalue weighted by Crippen LogP contribution is 2.38. The molecule has 0 aromatic heterocycles. The molecule has 59 heavy (non-hydrogen) atoms. The normalized spacial score (nSPS) is 14.2. The van der Waals surface area contributed by atoms with Crippen LogP contribution in [0.3, 0.4) is 0 Å². The van der Waals surface area contributed by atoms with E-state index in [9.17, 15) is 77.3 Å². The van der Waals surface area contributed by atoms with Crippen molar-refractivity contribution in [2.75, 3.05) is 0 Å². The van der Waals surface area contributed by atoms with Crippen LogP contribution in [0, 0.1) is 5.92 Å². The van der Waals surface area contributed by atoms with E-state index in [1.807, 2.05) is 0 Å². The van der Waals surface area contributed by atoms with Gasteiger partial charge in [-0.05, 0) is 31.2 Å². The van der Waals surface area contributed by atoms with Crippen molar-refractivity contribution in [3.8, 4) is 0 Å². The van der Waals surface area contributed by atoms with Crippen molar-refractivity contribution < 1.29 is 82.4 Å². The third kappa shape index (κ3) is 18.7. The first-order chi connectivity index (χ1) is 27.2. The van der Waals surface area contributed by atoms with Crippen molar-refractivity contribution >= 4 is 72.4 Å². The third-order valence-corrected chi connectivity index (χ3v) is 8.81. The molecule has 0 aliphatic heterocycles. The molecule has 326 valence electrons. The average molecular weight is 858 g/mol. The molecule has 0 bridgehead atoms. The van der Waals surface area contributed by atoms with Crippen molar-refractivity contribution in [2.24, 2.45) is 11.7 Å². The second kappa shape index (κ2) is 23.2. The fourth-order valence-electron chi connectivity index (χ4n) is 5.16. The number of nitrogens with two attached hydrogens (primary N) is 1. The van der Waals surface area contributed by atoms with Crippen LogP contribution in [0.4, 0.5) is 0 Å². The Morgan fingerprint density at radius 2 is 1.05 bits per heavy atom. The predicted octanol–water partition coefficient (Wildman–Crippen LogP) is -3.16. The van der Waals surface area contributed by atoms with Crippen LogP contribution in [0.1, 0.15) is 75.7 Å².